The number of para-hydroxylation sites is 1. The lowest BCUT2D eigenvalue weighted by Gasteiger charge is -2.17. The van der Waals surface area contributed by atoms with Crippen molar-refractivity contribution in [1.82, 2.24) is 14.8 Å². The second-order valence-electron chi connectivity index (χ2n) is 7.40. The number of allylic oxidation sites excluding steroid dienone is 1. The Morgan fingerprint density at radius 2 is 1.73 bits per heavy atom. The van der Waals surface area contributed by atoms with E-state index in [1.165, 1.54) is 5.57 Å². The Labute approximate surface area is 179 Å². The van der Waals surface area contributed by atoms with E-state index in [1.54, 1.807) is 12.0 Å². The van der Waals surface area contributed by atoms with Crippen LogP contribution < -0.4 is 9.57 Å². The fourth-order valence-electron chi connectivity index (χ4n) is 3.54. The predicted molar refractivity (Wildman–Crippen MR) is 122 cm³/mol. The molecule has 0 amide bonds. The van der Waals surface area contributed by atoms with E-state index in [0.717, 1.165) is 47.4 Å². The molecular formula is C25H31N3O2. The monoisotopic (exact) mass is 405 g/mol. The molecule has 30 heavy (non-hydrogen) atoms. The van der Waals surface area contributed by atoms with Crippen molar-refractivity contribution < 1.29 is 9.57 Å². The summed E-state index contributed by atoms with van der Waals surface area (Å²) in [5.41, 5.74) is 5.63. The Balaban J connectivity index is 2.00. The van der Waals surface area contributed by atoms with Gasteiger partial charge in [-0.15, -0.1) is 9.94 Å². The average molecular weight is 406 g/mol. The Morgan fingerprint density at radius 3 is 2.43 bits per heavy atom. The summed E-state index contributed by atoms with van der Waals surface area (Å²) in [5.74, 6) is 0.856. The molecule has 0 spiro atoms. The van der Waals surface area contributed by atoms with E-state index < -0.39 is 0 Å². The van der Waals surface area contributed by atoms with Gasteiger partial charge in [0.15, 0.2) is 0 Å². The number of aromatic nitrogens is 2. The minimum absolute atomic E-state index is 0.628. The van der Waals surface area contributed by atoms with E-state index in [1.807, 2.05) is 36.7 Å². The quantitative estimate of drug-likeness (QED) is 0.461. The maximum absolute atomic E-state index is 5.80. The largest absolute Gasteiger partial charge is 0.496 e. The van der Waals surface area contributed by atoms with E-state index in [-0.39, 0.29) is 0 Å². The van der Waals surface area contributed by atoms with Crippen LogP contribution in [-0.2, 0) is 0 Å². The lowest BCUT2D eigenvalue weighted by Crippen LogP contribution is -2.19. The minimum Gasteiger partial charge on any atom is -0.496 e. The second kappa shape index (κ2) is 10.6. The van der Waals surface area contributed by atoms with Crippen molar-refractivity contribution in [2.24, 2.45) is 0 Å². The molecule has 0 saturated heterocycles. The van der Waals surface area contributed by atoms with Crippen LogP contribution in [0.2, 0.25) is 0 Å². The molecule has 0 bridgehead atoms. The summed E-state index contributed by atoms with van der Waals surface area (Å²) in [4.78, 5) is 9.52. The lowest BCUT2D eigenvalue weighted by atomic mass is 9.89. The minimum atomic E-state index is 0.628. The third-order valence-electron chi connectivity index (χ3n) is 4.98. The fraction of sp³-hybridized carbons (Fsp3) is 0.320. The topological polar surface area (TPSA) is 39.5 Å². The maximum atomic E-state index is 5.80. The molecule has 0 N–H and O–H groups in total. The Morgan fingerprint density at radius 1 is 1.00 bits per heavy atom. The summed E-state index contributed by atoms with van der Waals surface area (Å²) in [7, 11) is 5.84. The highest BCUT2D eigenvalue weighted by Gasteiger charge is 2.17. The Hall–Kier alpha value is -3.05. The second-order valence-corrected chi connectivity index (χ2v) is 7.40. The molecule has 3 aromatic rings. The van der Waals surface area contributed by atoms with Gasteiger partial charge in [0.2, 0.25) is 0 Å². The predicted octanol–water partition coefficient (Wildman–Crippen LogP) is 4.64. The number of methoxy groups -OCH3 is 1. The van der Waals surface area contributed by atoms with E-state index in [0.29, 0.717) is 6.61 Å². The molecule has 3 rings (SSSR count). The summed E-state index contributed by atoms with van der Waals surface area (Å²) in [6.07, 6.45) is 5.65. The average Bonchev–Trinajstić information content (AvgIpc) is 3.24. The first-order chi connectivity index (χ1) is 14.6. The van der Waals surface area contributed by atoms with Gasteiger partial charge in [0, 0.05) is 17.7 Å². The van der Waals surface area contributed by atoms with Crippen LogP contribution in [0.15, 0.2) is 67.0 Å². The third-order valence-corrected chi connectivity index (χ3v) is 4.98. The lowest BCUT2D eigenvalue weighted by molar-refractivity contribution is 0.0770. The van der Waals surface area contributed by atoms with Gasteiger partial charge in [0.1, 0.15) is 12.4 Å². The van der Waals surface area contributed by atoms with Crippen molar-refractivity contribution in [3.8, 4) is 5.75 Å². The number of ether oxygens (including phenoxy) is 1. The van der Waals surface area contributed by atoms with Gasteiger partial charge in [0.05, 0.1) is 19.5 Å². The van der Waals surface area contributed by atoms with Crippen molar-refractivity contribution in [3.05, 3.63) is 83.7 Å². The molecule has 1 heterocycles. The number of nitrogens with zero attached hydrogens (tertiary/aromatic N) is 3. The molecule has 158 valence electrons. The summed E-state index contributed by atoms with van der Waals surface area (Å²) in [6.45, 7) is 3.78. The van der Waals surface area contributed by atoms with Gasteiger partial charge in [-0.3, -0.25) is 0 Å². The molecule has 0 aliphatic carbocycles. The van der Waals surface area contributed by atoms with Crippen LogP contribution >= 0.6 is 0 Å². The van der Waals surface area contributed by atoms with Crippen LogP contribution in [0.1, 0.15) is 36.5 Å². The molecule has 0 radical (unpaired) electrons. The van der Waals surface area contributed by atoms with Crippen molar-refractivity contribution >= 4 is 11.1 Å². The van der Waals surface area contributed by atoms with Crippen LogP contribution in [0.4, 0.5) is 0 Å². The smallest absolute Gasteiger partial charge is 0.126 e. The van der Waals surface area contributed by atoms with Gasteiger partial charge in [-0.1, -0.05) is 55.5 Å². The molecule has 0 aliphatic rings. The fourth-order valence-corrected chi connectivity index (χ4v) is 3.54. The summed E-state index contributed by atoms with van der Waals surface area (Å²) in [5, 5.41) is 4.43. The molecule has 0 fully saturated rings. The van der Waals surface area contributed by atoms with Gasteiger partial charge in [-0.25, -0.2) is 0 Å². The third kappa shape index (κ3) is 5.30. The van der Waals surface area contributed by atoms with Crippen molar-refractivity contribution in [2.75, 3.05) is 34.4 Å². The van der Waals surface area contributed by atoms with Crippen molar-refractivity contribution in [2.45, 2.75) is 19.8 Å². The van der Waals surface area contributed by atoms with Gasteiger partial charge in [-0.2, -0.15) is 0 Å². The number of hydrogen-bond acceptors (Lipinski definition) is 4. The summed E-state index contributed by atoms with van der Waals surface area (Å²) in [6, 6.07) is 18.6. The normalized spacial score (nSPS) is 12.0. The van der Waals surface area contributed by atoms with Crippen LogP contribution in [0.25, 0.3) is 11.1 Å². The van der Waals surface area contributed by atoms with Crippen LogP contribution in [-0.4, -0.2) is 49.2 Å². The standard InChI is InChI=1S/C25H31N3O2/c1-5-22(21-18-26-28(19-21)30-17-11-16-27(2)3)25(20-12-7-6-8-13-20)23-14-9-10-15-24(23)29-4/h6-10,12-15,18-19H,5,11,16-17H2,1-4H3/b25-22-. The number of rotatable bonds is 10. The van der Waals surface area contributed by atoms with E-state index in [9.17, 15) is 0 Å². The molecule has 5 heteroatoms. The first-order valence-corrected chi connectivity index (χ1v) is 10.4. The van der Waals surface area contributed by atoms with Crippen LogP contribution in [0.5, 0.6) is 5.75 Å². The molecule has 2 aromatic carbocycles. The Bertz CT molecular complexity index is 961. The van der Waals surface area contributed by atoms with Gasteiger partial charge < -0.3 is 14.5 Å². The molecule has 0 unspecified atom stereocenters. The number of hydrogen-bond donors (Lipinski definition) is 0. The first kappa shape index (κ1) is 21.7. The summed E-state index contributed by atoms with van der Waals surface area (Å²) >= 11 is 0. The van der Waals surface area contributed by atoms with E-state index in [2.05, 4.69) is 61.3 Å². The van der Waals surface area contributed by atoms with Crippen LogP contribution in [0, 0.1) is 0 Å². The molecule has 5 nitrogen and oxygen atoms in total. The highest BCUT2D eigenvalue weighted by Crippen LogP contribution is 2.38. The molecular weight excluding hydrogens is 374 g/mol. The summed E-state index contributed by atoms with van der Waals surface area (Å²) < 4.78 is 5.68. The molecule has 0 atom stereocenters. The molecule has 1 aromatic heterocycles. The zero-order chi connectivity index (χ0) is 21.3. The van der Waals surface area contributed by atoms with Gasteiger partial charge >= 0.3 is 0 Å². The molecule has 0 saturated carbocycles. The maximum Gasteiger partial charge on any atom is 0.126 e. The molecule has 0 aliphatic heterocycles. The zero-order valence-electron chi connectivity index (χ0n) is 18.3. The van der Waals surface area contributed by atoms with E-state index in [4.69, 9.17) is 9.57 Å². The SMILES string of the molecule is CC/C(=C(\c1ccccc1)c1ccccc1OC)c1cnn(OCCCN(C)C)c1. The highest BCUT2D eigenvalue weighted by atomic mass is 16.7. The highest BCUT2D eigenvalue weighted by molar-refractivity contribution is 5.99. The van der Waals surface area contributed by atoms with Gasteiger partial charge in [0.25, 0.3) is 0 Å². The first-order valence-electron chi connectivity index (χ1n) is 10.4. The zero-order valence-corrected chi connectivity index (χ0v) is 18.3. The van der Waals surface area contributed by atoms with E-state index >= 15 is 0 Å². The van der Waals surface area contributed by atoms with Crippen molar-refractivity contribution in [3.63, 3.8) is 0 Å². The van der Waals surface area contributed by atoms with Crippen molar-refractivity contribution in [1.29, 1.82) is 0 Å². The van der Waals surface area contributed by atoms with Crippen LogP contribution in [0.3, 0.4) is 0 Å². The number of benzene rings is 2. The van der Waals surface area contributed by atoms with Gasteiger partial charge in [-0.05, 0) is 49.7 Å². The Kier molecular flexibility index (Phi) is 7.69.